The number of amides is 1. The Balaban J connectivity index is 1.17. The van der Waals surface area contributed by atoms with Crippen molar-refractivity contribution < 1.29 is 24.1 Å². The zero-order chi connectivity index (χ0) is 32.2. The molecule has 2 aliphatic heterocycles. The van der Waals surface area contributed by atoms with Crippen LogP contribution in [0, 0.1) is 5.92 Å². The summed E-state index contributed by atoms with van der Waals surface area (Å²) in [6, 6.07) is 18.8. The molecule has 0 spiro atoms. The number of nitrogens with zero attached hydrogens (tertiary/aromatic N) is 6. The number of aryl methyl sites for hydroxylation is 1. The lowest BCUT2D eigenvalue weighted by molar-refractivity contribution is 0.00910. The van der Waals surface area contributed by atoms with Crippen molar-refractivity contribution in [3.63, 3.8) is 0 Å². The molecular formula is C35H43FN6O4. The van der Waals surface area contributed by atoms with E-state index in [-0.39, 0.29) is 11.8 Å². The Bertz CT molecular complexity index is 1640. The van der Waals surface area contributed by atoms with Crippen molar-refractivity contribution >= 4 is 22.7 Å². The Morgan fingerprint density at radius 2 is 1.80 bits per heavy atom. The Hall–Kier alpha value is -4.38. The van der Waals surface area contributed by atoms with Crippen LogP contribution in [0.3, 0.4) is 0 Å². The molecule has 2 aromatic heterocycles. The van der Waals surface area contributed by atoms with Gasteiger partial charge in [0.15, 0.2) is 0 Å². The number of ether oxygens (including phenoxy) is 1. The quantitative estimate of drug-likeness (QED) is 0.222. The van der Waals surface area contributed by atoms with Gasteiger partial charge >= 0.3 is 6.09 Å². The Kier molecular flexibility index (Phi) is 9.58. The van der Waals surface area contributed by atoms with Crippen molar-refractivity contribution in [2.24, 2.45) is 13.0 Å². The minimum absolute atomic E-state index is 0.117. The maximum atomic E-state index is 15.7. The second-order valence-corrected chi connectivity index (χ2v) is 12.4. The van der Waals surface area contributed by atoms with E-state index in [0.717, 1.165) is 66.9 Å². The molecule has 11 heteroatoms. The summed E-state index contributed by atoms with van der Waals surface area (Å²) in [6.07, 6.45) is 0.714. The van der Waals surface area contributed by atoms with Crippen LogP contribution in [0.2, 0.25) is 0 Å². The molecule has 0 saturated carbocycles. The molecule has 6 rings (SSSR count). The van der Waals surface area contributed by atoms with Crippen molar-refractivity contribution in [3.8, 4) is 23.0 Å². The number of hydrogen-bond acceptors (Lipinski definition) is 7. The summed E-state index contributed by atoms with van der Waals surface area (Å²) >= 11 is 0. The molecule has 2 saturated heterocycles. The predicted molar refractivity (Wildman–Crippen MR) is 176 cm³/mol. The second kappa shape index (κ2) is 13.9. The van der Waals surface area contributed by atoms with Gasteiger partial charge in [-0.05, 0) is 30.5 Å². The number of aromatic hydroxyl groups is 1. The monoisotopic (exact) mass is 630 g/mol. The minimum Gasteiger partial charge on any atom is -0.493 e. The van der Waals surface area contributed by atoms with Gasteiger partial charge in [-0.25, -0.2) is 9.18 Å². The summed E-state index contributed by atoms with van der Waals surface area (Å²) in [6.45, 7) is 6.57. The number of hydrogen-bond donors (Lipinski definition) is 2. The number of benzene rings is 2. The van der Waals surface area contributed by atoms with Crippen LogP contribution in [0.1, 0.15) is 38.2 Å². The smallest absolute Gasteiger partial charge is 0.407 e. The summed E-state index contributed by atoms with van der Waals surface area (Å²) in [5, 5.41) is 25.7. The van der Waals surface area contributed by atoms with Gasteiger partial charge in [0.1, 0.15) is 18.5 Å². The molecule has 1 amide bonds. The molecule has 4 aromatic rings. The third kappa shape index (κ3) is 6.60. The number of para-hydroxylation sites is 1. The molecule has 0 radical (unpaired) electrons. The normalized spacial score (nSPS) is 20.7. The number of carboxylic acid groups (broad SMARTS) is 1. The third-order valence-electron chi connectivity index (χ3n) is 9.43. The topological polar surface area (TPSA) is 107 Å². The van der Waals surface area contributed by atoms with Gasteiger partial charge < -0.3 is 24.7 Å². The van der Waals surface area contributed by atoms with Crippen LogP contribution in [0.5, 0.6) is 11.8 Å². The lowest BCUT2D eigenvalue weighted by Crippen LogP contribution is -2.56. The zero-order valence-corrected chi connectivity index (χ0v) is 26.6. The molecule has 2 aromatic carbocycles. The van der Waals surface area contributed by atoms with Gasteiger partial charge in [-0.2, -0.15) is 10.1 Å². The predicted octanol–water partition coefficient (Wildman–Crippen LogP) is 5.94. The number of fused-ring (bicyclic) bond motifs is 1. The highest BCUT2D eigenvalue weighted by Gasteiger charge is 2.41. The van der Waals surface area contributed by atoms with Gasteiger partial charge in [0.25, 0.3) is 0 Å². The van der Waals surface area contributed by atoms with E-state index < -0.39 is 18.3 Å². The average molecular weight is 631 g/mol. The molecule has 2 fully saturated rings. The molecule has 0 aliphatic carbocycles. The van der Waals surface area contributed by atoms with E-state index in [4.69, 9.17) is 9.84 Å². The van der Waals surface area contributed by atoms with Crippen LogP contribution in [0.4, 0.5) is 14.9 Å². The van der Waals surface area contributed by atoms with Gasteiger partial charge in [0.05, 0.1) is 22.8 Å². The summed E-state index contributed by atoms with van der Waals surface area (Å²) in [7, 11) is 1.93. The van der Waals surface area contributed by atoms with E-state index in [1.807, 2.05) is 61.1 Å². The number of likely N-dealkylation sites (tertiary alicyclic amines) is 1. The lowest BCUT2D eigenvalue weighted by Gasteiger charge is -2.44. The molecule has 3 atom stereocenters. The van der Waals surface area contributed by atoms with E-state index in [2.05, 4.69) is 20.9 Å². The Morgan fingerprint density at radius 3 is 2.54 bits per heavy atom. The van der Waals surface area contributed by atoms with Crippen LogP contribution in [0.15, 0.2) is 60.7 Å². The first-order valence-corrected chi connectivity index (χ1v) is 16.3. The third-order valence-corrected chi connectivity index (χ3v) is 9.43. The fraction of sp³-hybridized carbons (Fsp3) is 0.457. The molecule has 10 nitrogen and oxygen atoms in total. The van der Waals surface area contributed by atoms with E-state index >= 15 is 4.39 Å². The summed E-state index contributed by atoms with van der Waals surface area (Å²) < 4.78 is 23.7. The highest BCUT2D eigenvalue weighted by molar-refractivity contribution is 6.01. The number of alkyl halides is 1. The van der Waals surface area contributed by atoms with E-state index in [1.165, 1.54) is 4.90 Å². The zero-order valence-electron chi connectivity index (χ0n) is 26.6. The van der Waals surface area contributed by atoms with Crippen molar-refractivity contribution in [1.29, 1.82) is 0 Å². The van der Waals surface area contributed by atoms with Crippen LogP contribution in [-0.2, 0) is 13.7 Å². The minimum atomic E-state index is -1.15. The Morgan fingerprint density at radius 1 is 1.02 bits per heavy atom. The molecule has 3 unspecified atom stereocenters. The highest BCUT2D eigenvalue weighted by Crippen LogP contribution is 2.38. The Labute approximate surface area is 269 Å². The number of piperidine rings is 1. The molecular weight excluding hydrogens is 587 g/mol. The van der Waals surface area contributed by atoms with Crippen molar-refractivity contribution in [2.45, 2.75) is 51.4 Å². The van der Waals surface area contributed by atoms with E-state index in [1.54, 1.807) is 12.1 Å². The number of aromatic nitrogens is 3. The van der Waals surface area contributed by atoms with Crippen LogP contribution < -0.4 is 9.64 Å². The summed E-state index contributed by atoms with van der Waals surface area (Å²) in [5.41, 5.74) is 4.50. The van der Waals surface area contributed by atoms with Gasteiger partial charge in [0, 0.05) is 63.7 Å². The number of piperazine rings is 1. The molecule has 2 N–H and O–H groups in total. The lowest BCUT2D eigenvalue weighted by atomic mass is 9.86. The van der Waals surface area contributed by atoms with E-state index in [9.17, 15) is 15.0 Å². The highest BCUT2D eigenvalue weighted by atomic mass is 19.1. The number of rotatable bonds is 10. The maximum Gasteiger partial charge on any atom is 0.407 e. The van der Waals surface area contributed by atoms with Crippen molar-refractivity contribution in [1.82, 2.24) is 24.6 Å². The second-order valence-electron chi connectivity index (χ2n) is 12.4. The van der Waals surface area contributed by atoms with Gasteiger partial charge in [-0.3, -0.25) is 9.58 Å². The average Bonchev–Trinajstić information content (AvgIpc) is 3.41. The van der Waals surface area contributed by atoms with Crippen LogP contribution in [0.25, 0.3) is 22.2 Å². The van der Waals surface area contributed by atoms with Gasteiger partial charge in [-0.1, -0.05) is 62.2 Å². The molecule has 46 heavy (non-hydrogen) atoms. The van der Waals surface area contributed by atoms with E-state index in [0.29, 0.717) is 44.0 Å². The largest absolute Gasteiger partial charge is 0.493 e. The first kappa shape index (κ1) is 31.6. The fourth-order valence-corrected chi connectivity index (χ4v) is 6.99. The first-order chi connectivity index (χ1) is 22.3. The number of carbonyl (C=O) groups is 1. The SMILES string of the molecule is CCCCC1C(F)C(CN2CCN(c3cccc4c(-c5ccc(O)nc5OCc5ccccc5)nn(C)c34)CC2)CCN1C(=O)O. The number of anilines is 1. The van der Waals surface area contributed by atoms with Gasteiger partial charge in [-0.15, -0.1) is 0 Å². The van der Waals surface area contributed by atoms with Crippen LogP contribution >= 0.6 is 0 Å². The summed E-state index contributed by atoms with van der Waals surface area (Å²) in [5.74, 6) is 0.0399. The number of pyridine rings is 1. The molecule has 244 valence electrons. The first-order valence-electron chi connectivity index (χ1n) is 16.3. The fourth-order valence-electron chi connectivity index (χ4n) is 6.99. The van der Waals surface area contributed by atoms with Crippen molar-refractivity contribution in [2.75, 3.05) is 44.2 Å². The van der Waals surface area contributed by atoms with Crippen LogP contribution in [-0.4, -0.2) is 92.4 Å². The summed E-state index contributed by atoms with van der Waals surface area (Å²) in [4.78, 5) is 22.1. The molecule has 0 bridgehead atoms. The number of unbranched alkanes of at least 4 members (excludes halogenated alkanes) is 1. The van der Waals surface area contributed by atoms with Gasteiger partial charge in [0.2, 0.25) is 11.8 Å². The number of halogens is 1. The molecule has 2 aliphatic rings. The standard InChI is InChI=1S/C35H43FN6O4/c1-3-4-12-28-31(36)25(16-17-42(28)35(44)45)22-40-18-20-41(21-19-40)29-13-8-11-26-32(38-39(2)33(26)29)27-14-15-30(43)37-34(27)46-23-24-9-6-5-7-10-24/h5-11,13-15,25,28,31H,3-4,12,16-23H2,1-2H3,(H,37,43)(H,44,45). The maximum absolute atomic E-state index is 15.7. The van der Waals surface area contributed by atoms with Crippen molar-refractivity contribution in [3.05, 3.63) is 66.2 Å². The molecule has 4 heterocycles.